The van der Waals surface area contributed by atoms with E-state index in [1.807, 2.05) is 18.2 Å². The van der Waals surface area contributed by atoms with E-state index in [9.17, 15) is 0 Å². The number of nitrogen functional groups attached to an aromatic ring is 2. The van der Waals surface area contributed by atoms with Gasteiger partial charge in [0.1, 0.15) is 11.6 Å². The highest BCUT2D eigenvalue weighted by Crippen LogP contribution is 2.18. The minimum Gasteiger partial charge on any atom is -0.384 e. The zero-order valence-electron chi connectivity index (χ0n) is 7.51. The van der Waals surface area contributed by atoms with Crippen LogP contribution in [0.25, 0.3) is 11.3 Å². The SMILES string of the molecule is Nc1cc(-c2cccc(N)n2)ccn1. The Kier molecular flexibility index (Phi) is 2.02. The number of nitrogens with zero attached hydrogens (tertiary/aromatic N) is 2. The fourth-order valence-corrected chi connectivity index (χ4v) is 1.22. The van der Waals surface area contributed by atoms with Crippen molar-refractivity contribution >= 4 is 11.6 Å². The lowest BCUT2D eigenvalue weighted by Crippen LogP contribution is -1.93. The minimum absolute atomic E-state index is 0.478. The molecular formula is C10H10N4. The molecule has 0 bridgehead atoms. The second-order valence-electron chi connectivity index (χ2n) is 2.92. The predicted octanol–water partition coefficient (Wildman–Crippen LogP) is 1.31. The average Bonchev–Trinajstić information content (AvgIpc) is 2.18. The molecule has 2 heterocycles. The highest BCUT2D eigenvalue weighted by Gasteiger charge is 1.99. The summed E-state index contributed by atoms with van der Waals surface area (Å²) in [4.78, 5) is 8.09. The molecule has 70 valence electrons. The van der Waals surface area contributed by atoms with Crippen LogP contribution in [0.4, 0.5) is 11.6 Å². The van der Waals surface area contributed by atoms with Gasteiger partial charge in [0, 0.05) is 11.8 Å². The van der Waals surface area contributed by atoms with Crippen LogP contribution in [-0.4, -0.2) is 9.97 Å². The molecule has 0 amide bonds. The largest absolute Gasteiger partial charge is 0.384 e. The maximum atomic E-state index is 5.58. The van der Waals surface area contributed by atoms with Gasteiger partial charge in [-0.3, -0.25) is 0 Å². The maximum absolute atomic E-state index is 5.58. The molecule has 4 N–H and O–H groups in total. The number of hydrogen-bond acceptors (Lipinski definition) is 4. The topological polar surface area (TPSA) is 77.8 Å². The van der Waals surface area contributed by atoms with Crippen molar-refractivity contribution in [1.29, 1.82) is 0 Å². The Labute approximate surface area is 81.6 Å². The molecule has 0 unspecified atom stereocenters. The molecule has 4 nitrogen and oxygen atoms in total. The van der Waals surface area contributed by atoms with Crippen molar-refractivity contribution in [3.63, 3.8) is 0 Å². The van der Waals surface area contributed by atoms with Crippen LogP contribution in [0.3, 0.4) is 0 Å². The van der Waals surface area contributed by atoms with E-state index in [0.717, 1.165) is 11.3 Å². The van der Waals surface area contributed by atoms with Crippen molar-refractivity contribution in [3.8, 4) is 11.3 Å². The van der Waals surface area contributed by atoms with Gasteiger partial charge in [0.25, 0.3) is 0 Å². The van der Waals surface area contributed by atoms with Crippen molar-refractivity contribution in [2.45, 2.75) is 0 Å². The third kappa shape index (κ3) is 1.64. The Bertz CT molecular complexity index is 410. The molecule has 0 saturated carbocycles. The summed E-state index contributed by atoms with van der Waals surface area (Å²) in [6.45, 7) is 0. The molecule has 4 heteroatoms. The van der Waals surface area contributed by atoms with E-state index >= 15 is 0 Å². The Hall–Kier alpha value is -2.10. The lowest BCUT2D eigenvalue weighted by atomic mass is 10.2. The van der Waals surface area contributed by atoms with Crippen molar-refractivity contribution in [3.05, 3.63) is 36.5 Å². The first-order valence-electron chi connectivity index (χ1n) is 4.20. The molecule has 0 atom stereocenters. The average molecular weight is 186 g/mol. The lowest BCUT2D eigenvalue weighted by molar-refractivity contribution is 1.30. The van der Waals surface area contributed by atoms with Crippen LogP contribution in [-0.2, 0) is 0 Å². The zero-order chi connectivity index (χ0) is 9.97. The van der Waals surface area contributed by atoms with Gasteiger partial charge in [-0.15, -0.1) is 0 Å². The van der Waals surface area contributed by atoms with Crippen LogP contribution in [0, 0.1) is 0 Å². The van der Waals surface area contributed by atoms with Crippen LogP contribution >= 0.6 is 0 Å². The van der Waals surface area contributed by atoms with Crippen molar-refractivity contribution in [1.82, 2.24) is 9.97 Å². The molecule has 0 saturated heterocycles. The van der Waals surface area contributed by atoms with Gasteiger partial charge in [0.2, 0.25) is 0 Å². The van der Waals surface area contributed by atoms with Gasteiger partial charge in [-0.1, -0.05) is 6.07 Å². The quantitative estimate of drug-likeness (QED) is 0.703. The number of nitrogens with two attached hydrogens (primary N) is 2. The van der Waals surface area contributed by atoms with Crippen LogP contribution in [0.1, 0.15) is 0 Å². The lowest BCUT2D eigenvalue weighted by Gasteiger charge is -2.01. The van der Waals surface area contributed by atoms with E-state index in [-0.39, 0.29) is 0 Å². The second kappa shape index (κ2) is 3.33. The Morgan fingerprint density at radius 1 is 1.00 bits per heavy atom. The first-order chi connectivity index (χ1) is 6.75. The summed E-state index contributed by atoms with van der Waals surface area (Å²) >= 11 is 0. The van der Waals surface area contributed by atoms with Crippen molar-refractivity contribution in [2.24, 2.45) is 0 Å². The Morgan fingerprint density at radius 2 is 1.86 bits per heavy atom. The summed E-state index contributed by atoms with van der Waals surface area (Å²) < 4.78 is 0. The van der Waals surface area contributed by atoms with Gasteiger partial charge in [-0.25, -0.2) is 9.97 Å². The molecule has 0 aliphatic heterocycles. The molecule has 14 heavy (non-hydrogen) atoms. The number of anilines is 2. The molecule has 2 rings (SSSR count). The summed E-state index contributed by atoms with van der Waals surface area (Å²) in [5.74, 6) is 0.976. The molecule has 0 spiro atoms. The maximum Gasteiger partial charge on any atom is 0.124 e. The fourth-order valence-electron chi connectivity index (χ4n) is 1.22. The predicted molar refractivity (Wildman–Crippen MR) is 56.3 cm³/mol. The van der Waals surface area contributed by atoms with Crippen LogP contribution in [0.2, 0.25) is 0 Å². The molecule has 2 aromatic rings. The standard InChI is InChI=1S/C10H10N4/c11-9-3-1-2-8(14-9)7-4-5-13-10(12)6-7/h1-6H,(H2,11,14)(H2,12,13). The summed E-state index contributed by atoms with van der Waals surface area (Å²) in [5.41, 5.74) is 12.9. The minimum atomic E-state index is 0.478. The van der Waals surface area contributed by atoms with E-state index in [1.165, 1.54) is 0 Å². The van der Waals surface area contributed by atoms with E-state index in [1.54, 1.807) is 18.3 Å². The highest BCUT2D eigenvalue weighted by atomic mass is 14.8. The van der Waals surface area contributed by atoms with Crippen molar-refractivity contribution < 1.29 is 0 Å². The summed E-state index contributed by atoms with van der Waals surface area (Å²) in [6.07, 6.45) is 1.65. The highest BCUT2D eigenvalue weighted by molar-refractivity contribution is 5.63. The molecule has 0 aliphatic rings. The third-order valence-corrected chi connectivity index (χ3v) is 1.85. The van der Waals surface area contributed by atoms with Crippen LogP contribution in [0.15, 0.2) is 36.5 Å². The van der Waals surface area contributed by atoms with Gasteiger partial charge in [-0.2, -0.15) is 0 Å². The Morgan fingerprint density at radius 3 is 2.57 bits per heavy atom. The van der Waals surface area contributed by atoms with Gasteiger partial charge in [-0.05, 0) is 24.3 Å². The molecule has 0 fully saturated rings. The summed E-state index contributed by atoms with van der Waals surface area (Å²) in [7, 11) is 0. The normalized spacial score (nSPS) is 10.0. The van der Waals surface area contributed by atoms with Gasteiger partial charge in [0.05, 0.1) is 5.69 Å². The van der Waals surface area contributed by atoms with Gasteiger partial charge < -0.3 is 11.5 Å². The van der Waals surface area contributed by atoms with E-state index in [2.05, 4.69) is 9.97 Å². The monoisotopic (exact) mass is 186 g/mol. The molecule has 0 aromatic carbocycles. The molecule has 0 radical (unpaired) electrons. The number of pyridine rings is 2. The van der Waals surface area contributed by atoms with Crippen LogP contribution < -0.4 is 11.5 Å². The number of hydrogen-bond donors (Lipinski definition) is 2. The summed E-state index contributed by atoms with van der Waals surface area (Å²) in [5, 5.41) is 0. The van der Waals surface area contributed by atoms with Crippen LogP contribution in [0.5, 0.6) is 0 Å². The first kappa shape index (κ1) is 8.50. The van der Waals surface area contributed by atoms with Crippen molar-refractivity contribution in [2.75, 3.05) is 11.5 Å². The van der Waals surface area contributed by atoms with E-state index < -0.39 is 0 Å². The molecule has 0 aliphatic carbocycles. The Balaban J connectivity index is 2.49. The second-order valence-corrected chi connectivity index (χ2v) is 2.92. The molecule has 2 aromatic heterocycles. The van der Waals surface area contributed by atoms with E-state index in [4.69, 9.17) is 11.5 Å². The van der Waals surface area contributed by atoms with E-state index in [0.29, 0.717) is 11.6 Å². The molecular weight excluding hydrogens is 176 g/mol. The smallest absolute Gasteiger partial charge is 0.124 e. The fraction of sp³-hybridized carbons (Fsp3) is 0. The zero-order valence-corrected chi connectivity index (χ0v) is 7.51. The summed E-state index contributed by atoms with van der Waals surface area (Å²) in [6, 6.07) is 9.09. The van der Waals surface area contributed by atoms with Gasteiger partial charge in [0.15, 0.2) is 0 Å². The third-order valence-electron chi connectivity index (χ3n) is 1.85. The number of rotatable bonds is 1. The van der Waals surface area contributed by atoms with Gasteiger partial charge >= 0.3 is 0 Å². The first-order valence-corrected chi connectivity index (χ1v) is 4.20. The number of aromatic nitrogens is 2.